The standard InChI is InChI=1S/C38H34N8O14S2/c1-20(40-35(50)58-18-22-6-12-25(13-7-22)45(54)55)39-17-28-41-42-36(61-28)62-32-27(16-21-4-10-24(11-5-21)44(52)53)30-29(33(47)43(30)31(32)34(48)49)38(2,3)60-37(51)59-19-23-8-14-26(15-9-23)46(56)57/h4-15,27,29-30H,16-19H2,1-3H3,(H,48,49)(H,39,40,50)/t27?,29-,30-/m0/s1. The molecule has 3 atom stereocenters. The van der Waals surface area contributed by atoms with Crippen molar-refractivity contribution in [1.29, 1.82) is 0 Å². The number of hydrogen-bond donors (Lipinski definition) is 2. The van der Waals surface area contributed by atoms with E-state index in [9.17, 15) is 54.6 Å². The zero-order valence-electron chi connectivity index (χ0n) is 32.7. The van der Waals surface area contributed by atoms with Crippen LogP contribution in [-0.4, -0.2) is 76.6 Å². The summed E-state index contributed by atoms with van der Waals surface area (Å²) in [6, 6.07) is 15.6. The number of carboxylic acid groups (broad SMARTS) is 1. The van der Waals surface area contributed by atoms with Crippen molar-refractivity contribution in [2.24, 2.45) is 16.8 Å². The second-order valence-corrected chi connectivity index (χ2v) is 16.5. The molecule has 3 heterocycles. The molecule has 1 aromatic heterocycles. The van der Waals surface area contributed by atoms with Crippen LogP contribution in [0.5, 0.6) is 0 Å². The molecule has 6 rings (SSSR count). The number of amides is 2. The van der Waals surface area contributed by atoms with Crippen molar-refractivity contribution in [3.05, 3.63) is 135 Å². The molecule has 0 bridgehead atoms. The van der Waals surface area contributed by atoms with Gasteiger partial charge in [0.15, 0.2) is 4.34 Å². The Kier molecular flexibility index (Phi) is 13.2. The molecule has 2 N–H and O–H groups in total. The summed E-state index contributed by atoms with van der Waals surface area (Å²) in [6.45, 7) is 4.01. The number of thioether (sulfide) groups is 1. The highest BCUT2D eigenvalue weighted by Gasteiger charge is 2.65. The van der Waals surface area contributed by atoms with E-state index >= 15 is 0 Å². The van der Waals surface area contributed by atoms with Crippen LogP contribution in [0.15, 0.2) is 92.7 Å². The van der Waals surface area contributed by atoms with Crippen LogP contribution in [0.25, 0.3) is 0 Å². The minimum absolute atomic E-state index is 0.0368. The molecule has 0 spiro atoms. The van der Waals surface area contributed by atoms with E-state index < -0.39 is 62.4 Å². The maximum absolute atomic E-state index is 13.9. The van der Waals surface area contributed by atoms with Crippen molar-refractivity contribution in [3.63, 3.8) is 0 Å². The van der Waals surface area contributed by atoms with Gasteiger partial charge in [-0.25, -0.2) is 14.4 Å². The molecular formula is C38H34N8O14S2. The summed E-state index contributed by atoms with van der Waals surface area (Å²) < 4.78 is 16.4. The van der Waals surface area contributed by atoms with Gasteiger partial charge in [0.2, 0.25) is 5.91 Å². The summed E-state index contributed by atoms with van der Waals surface area (Å²) >= 11 is 2.05. The highest BCUT2D eigenvalue weighted by atomic mass is 32.2. The summed E-state index contributed by atoms with van der Waals surface area (Å²) in [7, 11) is 0. The van der Waals surface area contributed by atoms with Crippen LogP contribution >= 0.6 is 23.1 Å². The fourth-order valence-electron chi connectivity index (χ4n) is 6.77. The molecule has 0 aliphatic carbocycles. The Balaban J connectivity index is 1.16. The highest BCUT2D eigenvalue weighted by Crippen LogP contribution is 2.55. The summed E-state index contributed by atoms with van der Waals surface area (Å²) in [5.41, 5.74) is -0.729. The number of carbonyl (C=O) groups excluding carboxylic acids is 3. The number of aromatic nitrogens is 2. The number of nitro groups is 3. The van der Waals surface area contributed by atoms with Gasteiger partial charge in [0.1, 0.15) is 35.4 Å². The number of ether oxygens (including phenoxy) is 3. The van der Waals surface area contributed by atoms with Gasteiger partial charge >= 0.3 is 18.2 Å². The number of nitrogens with one attached hydrogen (secondary N) is 1. The Hall–Kier alpha value is -7.34. The van der Waals surface area contributed by atoms with Crippen molar-refractivity contribution in [2.45, 2.75) is 62.9 Å². The molecule has 24 heteroatoms. The van der Waals surface area contributed by atoms with Crippen LogP contribution in [0.1, 0.15) is 42.5 Å². The van der Waals surface area contributed by atoms with Crippen LogP contribution in [0.2, 0.25) is 0 Å². The molecule has 0 saturated carbocycles. The van der Waals surface area contributed by atoms with Crippen molar-refractivity contribution >= 4 is 70.1 Å². The van der Waals surface area contributed by atoms with Crippen LogP contribution < -0.4 is 5.32 Å². The molecule has 1 fully saturated rings. The van der Waals surface area contributed by atoms with Gasteiger partial charge in [-0.2, -0.15) is 0 Å². The number of carboxylic acids is 1. The van der Waals surface area contributed by atoms with Crippen LogP contribution in [0.4, 0.5) is 26.7 Å². The lowest BCUT2D eigenvalue weighted by Gasteiger charge is -2.51. The van der Waals surface area contributed by atoms with Crippen molar-refractivity contribution in [3.8, 4) is 0 Å². The highest BCUT2D eigenvalue weighted by molar-refractivity contribution is 8.04. The van der Waals surface area contributed by atoms with E-state index in [1.165, 1.54) is 93.6 Å². The van der Waals surface area contributed by atoms with E-state index in [0.29, 0.717) is 26.0 Å². The summed E-state index contributed by atoms with van der Waals surface area (Å²) in [5.74, 6) is -3.67. The quantitative estimate of drug-likeness (QED) is 0.0310. The Bertz CT molecular complexity index is 2490. The van der Waals surface area contributed by atoms with Crippen molar-refractivity contribution in [2.75, 3.05) is 0 Å². The Morgan fingerprint density at radius 1 is 0.855 bits per heavy atom. The van der Waals surface area contributed by atoms with Gasteiger partial charge in [-0.05, 0) is 68.1 Å². The number of aliphatic carboxylic acids is 1. The smallest absolute Gasteiger partial charge is 0.477 e. The molecule has 322 valence electrons. The first-order chi connectivity index (χ1) is 29.4. The zero-order chi connectivity index (χ0) is 44.9. The average molecular weight is 891 g/mol. The molecule has 22 nitrogen and oxygen atoms in total. The van der Waals surface area contributed by atoms with E-state index in [1.54, 1.807) is 0 Å². The van der Waals surface area contributed by atoms with Gasteiger partial charge in [0, 0.05) is 47.2 Å². The first-order valence-corrected chi connectivity index (χ1v) is 19.9. The molecule has 62 heavy (non-hydrogen) atoms. The summed E-state index contributed by atoms with van der Waals surface area (Å²) in [6.07, 6.45) is -1.85. The molecule has 3 aromatic carbocycles. The molecule has 2 amide bonds. The van der Waals surface area contributed by atoms with Crippen LogP contribution in [0.3, 0.4) is 0 Å². The largest absolute Gasteiger partial charge is 0.509 e. The number of nitrogens with zero attached hydrogens (tertiary/aromatic N) is 7. The lowest BCUT2D eigenvalue weighted by molar-refractivity contribution is -0.385. The third-order valence-electron chi connectivity index (χ3n) is 9.67. The minimum Gasteiger partial charge on any atom is -0.477 e. The van der Waals surface area contributed by atoms with E-state index in [-0.39, 0.29) is 59.7 Å². The fraction of sp³-hybridized carbons (Fsp3) is 0.289. The number of β-lactam (4-membered cyclic amide) rings is 1. The maximum atomic E-state index is 13.9. The van der Waals surface area contributed by atoms with Crippen molar-refractivity contribution in [1.82, 2.24) is 20.4 Å². The molecule has 1 unspecified atom stereocenters. The number of amidine groups is 1. The molecule has 2 aliphatic heterocycles. The van der Waals surface area contributed by atoms with Crippen LogP contribution in [-0.2, 0) is 50.0 Å². The number of nitro benzene ring substituents is 3. The second-order valence-electron chi connectivity index (χ2n) is 14.2. The van der Waals surface area contributed by atoms with Crippen LogP contribution in [0, 0.1) is 42.2 Å². The molecule has 4 aromatic rings. The molecule has 1 saturated heterocycles. The predicted octanol–water partition coefficient (Wildman–Crippen LogP) is 6.33. The second kappa shape index (κ2) is 18.5. The van der Waals surface area contributed by atoms with Gasteiger partial charge < -0.3 is 24.2 Å². The normalized spacial score (nSPS) is 17.1. The third kappa shape index (κ3) is 10.2. The third-order valence-corrected chi connectivity index (χ3v) is 11.8. The van der Waals surface area contributed by atoms with E-state index in [1.807, 2.05) is 0 Å². The van der Waals surface area contributed by atoms with Gasteiger partial charge in [-0.3, -0.25) is 45.4 Å². The van der Waals surface area contributed by atoms with Crippen molar-refractivity contribution < 1.29 is 53.3 Å². The molecule has 0 radical (unpaired) electrons. The number of non-ortho nitro benzene ring substituents is 3. The first kappa shape index (κ1) is 44.2. The lowest BCUT2D eigenvalue weighted by Crippen LogP contribution is -2.67. The number of rotatable bonds is 16. The molecule has 2 aliphatic rings. The van der Waals surface area contributed by atoms with Gasteiger partial charge in [0.05, 0.1) is 33.3 Å². The van der Waals surface area contributed by atoms with Gasteiger partial charge in [-0.1, -0.05) is 35.2 Å². The maximum Gasteiger partial charge on any atom is 0.509 e. The Morgan fingerprint density at radius 2 is 1.37 bits per heavy atom. The number of alkyl carbamates (subject to hydrolysis) is 1. The number of benzene rings is 3. The Morgan fingerprint density at radius 3 is 1.89 bits per heavy atom. The van der Waals surface area contributed by atoms with E-state index in [0.717, 1.165) is 28.0 Å². The fourth-order valence-corrected chi connectivity index (χ4v) is 8.91. The minimum atomic E-state index is -1.54. The van der Waals surface area contributed by atoms with E-state index in [4.69, 9.17) is 14.2 Å². The van der Waals surface area contributed by atoms with Gasteiger partial charge in [-0.15, -0.1) is 10.2 Å². The number of aliphatic imine (C=N–C) groups is 1. The zero-order valence-corrected chi connectivity index (χ0v) is 34.3. The first-order valence-electron chi connectivity index (χ1n) is 18.2. The average Bonchev–Trinajstić information content (AvgIpc) is 3.78. The number of carbonyl (C=O) groups is 4. The van der Waals surface area contributed by atoms with E-state index in [2.05, 4.69) is 20.5 Å². The van der Waals surface area contributed by atoms with Gasteiger partial charge in [0.25, 0.3) is 17.1 Å². The topological polar surface area (TPSA) is 299 Å². The monoisotopic (exact) mass is 890 g/mol. The number of hydrogen-bond acceptors (Lipinski definition) is 18. The summed E-state index contributed by atoms with van der Waals surface area (Å²) in [4.78, 5) is 89.3. The number of fused-ring (bicyclic) bond motifs is 1. The summed E-state index contributed by atoms with van der Waals surface area (Å²) in [5, 5.41) is 54.9. The lowest BCUT2D eigenvalue weighted by atomic mass is 9.71. The predicted molar refractivity (Wildman–Crippen MR) is 217 cm³/mol. The molecular weight excluding hydrogens is 857 g/mol. The Labute approximate surface area is 358 Å². The SMILES string of the molecule is CC(=NCc1nnc(SC2=C(C(=O)O)N3C(=O)[C@@H](C(C)(C)OC(=O)OCc4ccc([N+](=O)[O-])cc4)[C@@H]3C2Cc2ccc([N+](=O)[O-])cc2)s1)NC(=O)OCc1ccc([N+](=O)[O-])cc1.